The fourth-order valence-electron chi connectivity index (χ4n) is 8.52. The van der Waals surface area contributed by atoms with E-state index in [1.807, 2.05) is 62.4 Å². The number of para-hydroxylation sites is 1. The van der Waals surface area contributed by atoms with Crippen LogP contribution in [0.15, 0.2) is 63.4 Å². The third kappa shape index (κ3) is 4.47. The van der Waals surface area contributed by atoms with E-state index in [1.165, 1.54) is 0 Å². The quantitative estimate of drug-likeness (QED) is 0.126. The lowest BCUT2D eigenvalue weighted by molar-refractivity contribution is -0.135. The predicted octanol–water partition coefficient (Wildman–Crippen LogP) is 7.11. The average molecular weight is 766 g/mol. The van der Waals surface area contributed by atoms with Crippen molar-refractivity contribution in [2.24, 2.45) is 11.8 Å². The van der Waals surface area contributed by atoms with Gasteiger partial charge in [-0.15, -0.1) is 0 Å². The van der Waals surface area contributed by atoms with Crippen LogP contribution in [0.1, 0.15) is 62.1 Å². The molecule has 5 atom stereocenters. The molecule has 0 fully saturated rings. The number of halogens is 2. The van der Waals surface area contributed by atoms with Crippen molar-refractivity contribution in [3.05, 3.63) is 93.2 Å². The number of hydrogen-bond donors (Lipinski definition) is 5. The molecule has 0 radical (unpaired) electrons. The van der Waals surface area contributed by atoms with E-state index in [2.05, 4.69) is 27.0 Å². The van der Waals surface area contributed by atoms with Gasteiger partial charge >= 0.3 is 0 Å². The number of fused-ring (bicyclic) bond motifs is 7. The summed E-state index contributed by atoms with van der Waals surface area (Å²) < 4.78 is 20.4. The zero-order chi connectivity index (χ0) is 37.4. The van der Waals surface area contributed by atoms with Gasteiger partial charge in [0, 0.05) is 39.7 Å². The Morgan fingerprint density at radius 2 is 1.80 bits per heavy atom. The number of hydrogen-bond acceptors (Lipinski definition) is 9. The van der Waals surface area contributed by atoms with Gasteiger partial charge in [-0.05, 0) is 35.1 Å². The molecule has 0 saturated carbocycles. The largest absolute Gasteiger partial charge is 0.469 e. The fourth-order valence-corrected chi connectivity index (χ4v) is 9.01. The van der Waals surface area contributed by atoms with Crippen LogP contribution in [0.25, 0.3) is 44.9 Å². The number of amides is 2. The Bertz CT molecular complexity index is 2590. The van der Waals surface area contributed by atoms with Gasteiger partial charge in [-0.25, -0.2) is 4.98 Å². The van der Waals surface area contributed by atoms with Crippen molar-refractivity contribution < 1.29 is 28.3 Å². The summed E-state index contributed by atoms with van der Waals surface area (Å²) in [6.45, 7) is 7.36. The summed E-state index contributed by atoms with van der Waals surface area (Å²) in [7, 11) is 0. The maximum Gasteiger partial charge on any atom is 0.250 e. The number of nitrogens with zero attached hydrogens (tertiary/aromatic N) is 2. The molecule has 54 heavy (non-hydrogen) atoms. The first-order chi connectivity index (χ1) is 25.9. The highest BCUT2D eigenvalue weighted by atomic mass is 35.5. The van der Waals surface area contributed by atoms with E-state index in [0.717, 1.165) is 44.4 Å². The molecule has 4 aliphatic heterocycles. The summed E-state index contributed by atoms with van der Waals surface area (Å²) in [5.41, 5.74) is 5.49. The highest BCUT2D eigenvalue weighted by Gasteiger charge is 2.61. The van der Waals surface area contributed by atoms with Crippen LogP contribution in [0.2, 0.25) is 10.3 Å². The summed E-state index contributed by atoms with van der Waals surface area (Å²) >= 11 is 13.9. The Morgan fingerprint density at radius 1 is 1.00 bits per heavy atom. The lowest BCUT2D eigenvalue weighted by Crippen LogP contribution is -2.52. The van der Waals surface area contributed by atoms with Crippen LogP contribution in [-0.2, 0) is 21.4 Å². The molecule has 14 heteroatoms. The van der Waals surface area contributed by atoms with E-state index >= 15 is 0 Å². The first kappa shape index (κ1) is 33.3. The summed E-state index contributed by atoms with van der Waals surface area (Å²) in [5.74, 6) is -0.0970. The van der Waals surface area contributed by atoms with Crippen molar-refractivity contribution in [3.63, 3.8) is 0 Å². The minimum Gasteiger partial charge on any atom is -0.469 e. The van der Waals surface area contributed by atoms with E-state index in [9.17, 15) is 14.7 Å². The zero-order valence-electron chi connectivity index (χ0n) is 29.5. The number of ether oxygens (including phenoxy) is 1. The van der Waals surface area contributed by atoms with Gasteiger partial charge in [0.05, 0.1) is 5.56 Å². The molecule has 3 aromatic heterocycles. The molecule has 7 heterocycles. The molecule has 1 spiro atoms. The van der Waals surface area contributed by atoms with E-state index in [4.69, 9.17) is 46.7 Å². The second-order valence-corrected chi connectivity index (χ2v) is 15.8. The van der Waals surface area contributed by atoms with Crippen LogP contribution in [0.4, 0.5) is 5.69 Å². The van der Waals surface area contributed by atoms with Crippen LogP contribution in [0.5, 0.6) is 5.75 Å². The summed E-state index contributed by atoms with van der Waals surface area (Å²) in [6, 6.07) is 16.0. The lowest BCUT2D eigenvalue weighted by Gasteiger charge is -2.29. The molecule has 5 N–H and O–H groups in total. The third-order valence-electron chi connectivity index (χ3n) is 11.2. The van der Waals surface area contributed by atoms with Crippen LogP contribution < -0.4 is 20.7 Å². The standard InChI is InChI=1S/C40H34Cl2N6O6/c1-15(2)27-37-46-29-32(54-37)40-20-9-5-8-19(18-7-6-10-22-25(18)26(33(41)43-22)31-34(42)48-38(29)53-31)28(20)47-39(40)52-24-12-11-17(13-21(24)40)14-23(35(50)45-27)44-36(51)30(49)16(3)4/h5-13,15-16,23,27,30,39,43,47,49H,14H2,1-4H3,(H,44,51)(H,45,50)/t23-,27?,30-,39?,40?/m0/s1. The molecule has 3 unspecified atom stereocenters. The number of aromatic amines is 1. The van der Waals surface area contributed by atoms with Crippen molar-refractivity contribution in [2.45, 2.75) is 63.9 Å². The number of nitrogens with one attached hydrogen (secondary N) is 4. The Hall–Kier alpha value is -5.30. The fraction of sp³-hybridized carbons (Fsp3) is 0.300. The predicted molar refractivity (Wildman–Crippen MR) is 201 cm³/mol. The van der Waals surface area contributed by atoms with Crippen molar-refractivity contribution in [1.29, 1.82) is 0 Å². The number of aliphatic hydroxyl groups excluding tert-OH is 1. The molecule has 274 valence electrons. The minimum atomic E-state index is -1.30. The first-order valence-electron chi connectivity index (χ1n) is 17.9. The van der Waals surface area contributed by atoms with Gasteiger partial charge in [0.15, 0.2) is 28.6 Å². The maximum atomic E-state index is 14.2. The Labute approximate surface area is 318 Å². The van der Waals surface area contributed by atoms with Crippen LogP contribution in [0, 0.1) is 11.8 Å². The van der Waals surface area contributed by atoms with E-state index in [0.29, 0.717) is 22.2 Å². The molecule has 0 saturated heterocycles. The minimum absolute atomic E-state index is 0.0872. The zero-order valence-corrected chi connectivity index (χ0v) is 31.0. The number of carbonyl (C=O) groups is 2. The molecule has 2 amide bonds. The number of aliphatic hydroxyl groups is 1. The molecular weight excluding hydrogens is 731 g/mol. The molecule has 10 bridgehead atoms. The number of aromatic nitrogens is 3. The molecule has 10 rings (SSSR count). The van der Waals surface area contributed by atoms with Crippen molar-refractivity contribution >= 4 is 51.6 Å². The van der Waals surface area contributed by atoms with Gasteiger partial charge < -0.3 is 39.6 Å². The van der Waals surface area contributed by atoms with Crippen molar-refractivity contribution in [1.82, 2.24) is 25.6 Å². The summed E-state index contributed by atoms with van der Waals surface area (Å²) in [5, 5.41) is 21.5. The average Bonchev–Trinajstić information content (AvgIpc) is 3.94. The Balaban J connectivity index is 1.30. The monoisotopic (exact) mass is 764 g/mol. The van der Waals surface area contributed by atoms with E-state index in [-0.39, 0.29) is 46.6 Å². The topological polar surface area (TPSA) is 168 Å². The Morgan fingerprint density at radius 3 is 2.59 bits per heavy atom. The van der Waals surface area contributed by atoms with Gasteiger partial charge in [-0.1, -0.05) is 93.4 Å². The normalized spacial score (nSPS) is 22.2. The van der Waals surface area contributed by atoms with Crippen LogP contribution >= 0.6 is 23.2 Å². The number of anilines is 1. The van der Waals surface area contributed by atoms with Gasteiger partial charge in [-0.2, -0.15) is 4.98 Å². The number of rotatable bonds is 4. The van der Waals surface area contributed by atoms with E-state index < -0.39 is 41.6 Å². The van der Waals surface area contributed by atoms with E-state index in [1.54, 1.807) is 13.8 Å². The van der Waals surface area contributed by atoms with Gasteiger partial charge in [-0.3, -0.25) is 9.59 Å². The third-order valence-corrected chi connectivity index (χ3v) is 11.7. The van der Waals surface area contributed by atoms with Crippen molar-refractivity contribution in [2.75, 3.05) is 5.32 Å². The SMILES string of the molecule is CC(C)C1NC(=O)[C@@H](NC(=O)[C@@H](O)C(C)C)Cc2ccc3c(c2)C24c5cccc(c5NC2O3)-c2cccc3[nH]c(Cl)c(c23)-c2oc(nc2Cl)-c2nc1oc24. The van der Waals surface area contributed by atoms with Crippen LogP contribution in [0.3, 0.4) is 0 Å². The first-order valence-corrected chi connectivity index (χ1v) is 18.7. The van der Waals surface area contributed by atoms with Crippen molar-refractivity contribution in [3.8, 4) is 39.8 Å². The highest BCUT2D eigenvalue weighted by molar-refractivity contribution is 6.37. The second-order valence-electron chi connectivity index (χ2n) is 15.1. The number of benzene rings is 3. The van der Waals surface area contributed by atoms with Gasteiger partial charge in [0.2, 0.25) is 17.7 Å². The number of carbonyl (C=O) groups excluding carboxylic acids is 2. The van der Waals surface area contributed by atoms with Gasteiger partial charge in [0.1, 0.15) is 34.5 Å². The smallest absolute Gasteiger partial charge is 0.250 e. The number of oxazole rings is 2. The van der Waals surface area contributed by atoms with Gasteiger partial charge in [0.25, 0.3) is 5.89 Å². The Kier molecular flexibility index (Phi) is 7.15. The maximum absolute atomic E-state index is 14.2. The summed E-state index contributed by atoms with van der Waals surface area (Å²) in [4.78, 5) is 40.5. The highest BCUT2D eigenvalue weighted by Crippen LogP contribution is 2.62. The molecule has 4 aliphatic rings. The van der Waals surface area contributed by atoms with Crippen LogP contribution in [-0.4, -0.2) is 50.2 Å². The lowest BCUT2D eigenvalue weighted by atomic mass is 9.72. The molecular formula is C40H34Cl2N6O6. The molecule has 0 aliphatic carbocycles. The molecule has 6 aromatic rings. The second kappa shape index (κ2) is 11.6. The molecule has 3 aromatic carbocycles. The number of H-pyrrole nitrogens is 1. The molecule has 12 nitrogen and oxygen atoms in total. The summed E-state index contributed by atoms with van der Waals surface area (Å²) in [6.07, 6.45) is -1.87.